The van der Waals surface area contributed by atoms with Gasteiger partial charge in [0.25, 0.3) is 0 Å². The second-order valence-corrected chi connectivity index (χ2v) is 12.4. The van der Waals surface area contributed by atoms with Crippen LogP contribution >= 0.6 is 0 Å². The van der Waals surface area contributed by atoms with E-state index in [2.05, 4.69) is 36.2 Å². The van der Waals surface area contributed by atoms with Crippen molar-refractivity contribution in [1.29, 1.82) is 0 Å². The summed E-state index contributed by atoms with van der Waals surface area (Å²) < 4.78 is 5.98. The predicted molar refractivity (Wildman–Crippen MR) is 161 cm³/mol. The number of aryl methyl sites for hydroxylation is 1. The second-order valence-electron chi connectivity index (χ2n) is 12.4. The van der Waals surface area contributed by atoms with Crippen LogP contribution in [0.15, 0.2) is 48.5 Å². The fourth-order valence-electron chi connectivity index (χ4n) is 6.90. The lowest BCUT2D eigenvalue weighted by atomic mass is 9.78. The third-order valence-corrected chi connectivity index (χ3v) is 9.49. The van der Waals surface area contributed by atoms with Gasteiger partial charge in [-0.2, -0.15) is 0 Å². The number of unbranched alkanes of at least 4 members (excludes halogenated alkanes) is 2. The van der Waals surface area contributed by atoms with Gasteiger partial charge in [0, 0.05) is 26.2 Å². The van der Waals surface area contributed by atoms with Crippen LogP contribution in [0.4, 0.5) is 0 Å². The van der Waals surface area contributed by atoms with Gasteiger partial charge in [-0.25, -0.2) is 0 Å². The minimum atomic E-state index is -0.824. The average Bonchev–Trinajstić information content (AvgIpc) is 3.00. The van der Waals surface area contributed by atoms with Gasteiger partial charge in [-0.05, 0) is 74.8 Å². The summed E-state index contributed by atoms with van der Waals surface area (Å²) in [6.07, 6.45) is 8.56. The van der Waals surface area contributed by atoms with Crippen LogP contribution in [0.2, 0.25) is 0 Å². The summed E-state index contributed by atoms with van der Waals surface area (Å²) in [6.45, 7) is 7.05. The summed E-state index contributed by atoms with van der Waals surface area (Å²) in [5, 5.41) is 14.2. The first kappa shape index (κ1) is 29.6. The molecule has 2 atom stereocenters. The van der Waals surface area contributed by atoms with E-state index in [9.17, 15) is 14.7 Å². The minimum absolute atomic E-state index is 0.0780. The van der Waals surface area contributed by atoms with Crippen LogP contribution in [-0.4, -0.2) is 64.0 Å². The first-order valence-electron chi connectivity index (χ1n) is 15.8. The first-order valence-corrected chi connectivity index (χ1v) is 15.8. The van der Waals surface area contributed by atoms with Gasteiger partial charge in [0.2, 0.25) is 11.8 Å². The Hall–Kier alpha value is -2.90. The lowest BCUT2D eigenvalue weighted by molar-refractivity contribution is -0.166. The van der Waals surface area contributed by atoms with Crippen molar-refractivity contribution in [2.45, 2.75) is 102 Å². The van der Waals surface area contributed by atoms with E-state index in [1.807, 2.05) is 41.3 Å². The molecule has 1 unspecified atom stereocenters. The molecule has 2 N–H and O–H groups in total. The fraction of sp³-hybridized carbons (Fsp3) is 0.588. The molecule has 2 aromatic carbocycles. The van der Waals surface area contributed by atoms with Gasteiger partial charge in [0.15, 0.2) is 0 Å². The van der Waals surface area contributed by atoms with Gasteiger partial charge in [-0.1, -0.05) is 68.9 Å². The third kappa shape index (κ3) is 6.78. The number of nitrogens with one attached hydrogen (secondary N) is 1. The molecule has 0 radical (unpaired) electrons. The molecule has 7 nitrogen and oxygen atoms in total. The molecule has 222 valence electrons. The number of likely N-dealkylation sites (tertiary alicyclic amines) is 1. The quantitative estimate of drug-likeness (QED) is 0.370. The Labute approximate surface area is 245 Å². The van der Waals surface area contributed by atoms with E-state index in [4.69, 9.17) is 4.74 Å². The van der Waals surface area contributed by atoms with Crippen molar-refractivity contribution in [1.82, 2.24) is 15.1 Å². The molecule has 2 heterocycles. The zero-order valence-corrected chi connectivity index (χ0v) is 24.8. The Bertz CT molecular complexity index is 1150. The molecule has 41 heavy (non-hydrogen) atoms. The van der Waals surface area contributed by atoms with Crippen molar-refractivity contribution in [3.63, 3.8) is 0 Å². The highest BCUT2D eigenvalue weighted by atomic mass is 16.5. The van der Waals surface area contributed by atoms with Gasteiger partial charge >= 0.3 is 0 Å². The molecule has 1 saturated carbocycles. The average molecular weight is 562 g/mol. The molecule has 3 aliphatic rings. The summed E-state index contributed by atoms with van der Waals surface area (Å²) in [7, 11) is 0. The van der Waals surface area contributed by atoms with Crippen LogP contribution in [0.1, 0.15) is 82.3 Å². The molecule has 1 spiro atoms. The largest absolute Gasteiger partial charge is 0.457 e. The molecule has 2 aliphatic heterocycles. The number of piperidine rings is 1. The molecule has 2 aromatic rings. The molecular weight excluding hydrogens is 514 g/mol. The van der Waals surface area contributed by atoms with E-state index in [0.717, 1.165) is 76.1 Å². The van der Waals surface area contributed by atoms with Crippen LogP contribution in [-0.2, 0) is 16.1 Å². The molecule has 0 bridgehead atoms. The monoisotopic (exact) mass is 561 g/mol. The van der Waals surface area contributed by atoms with Crippen molar-refractivity contribution >= 4 is 11.8 Å². The van der Waals surface area contributed by atoms with Crippen molar-refractivity contribution < 1.29 is 19.4 Å². The summed E-state index contributed by atoms with van der Waals surface area (Å²) in [5.41, 5.74) is 1.57. The number of nitrogens with zero attached hydrogens (tertiary/aromatic N) is 2. The Balaban J connectivity index is 1.22. The number of carbonyl (C=O) groups excluding carboxylic acids is 2. The first-order chi connectivity index (χ1) is 19.9. The minimum Gasteiger partial charge on any atom is -0.457 e. The zero-order chi connectivity index (χ0) is 28.8. The Morgan fingerprint density at radius 3 is 2.22 bits per heavy atom. The Kier molecular flexibility index (Phi) is 9.66. The van der Waals surface area contributed by atoms with E-state index in [1.165, 1.54) is 17.5 Å². The number of rotatable bonds is 10. The van der Waals surface area contributed by atoms with Crippen LogP contribution in [0.5, 0.6) is 11.5 Å². The van der Waals surface area contributed by atoms with Crippen LogP contribution in [0.3, 0.4) is 0 Å². The third-order valence-electron chi connectivity index (χ3n) is 9.49. The van der Waals surface area contributed by atoms with Crippen LogP contribution < -0.4 is 10.1 Å². The number of aliphatic hydroxyl groups excluding tert-OH is 1. The van der Waals surface area contributed by atoms with Crippen molar-refractivity contribution in [2.75, 3.05) is 19.6 Å². The molecule has 1 aliphatic carbocycles. The maximum absolute atomic E-state index is 13.9. The number of piperazine rings is 1. The van der Waals surface area contributed by atoms with E-state index < -0.39 is 17.7 Å². The number of hydrogen-bond acceptors (Lipinski definition) is 5. The molecule has 7 heteroatoms. The summed E-state index contributed by atoms with van der Waals surface area (Å²) in [4.78, 5) is 31.9. The van der Waals surface area contributed by atoms with Crippen molar-refractivity contribution in [2.24, 2.45) is 5.92 Å². The molecule has 5 rings (SSSR count). The van der Waals surface area contributed by atoms with E-state index in [-0.39, 0.29) is 17.7 Å². The van der Waals surface area contributed by atoms with Gasteiger partial charge in [-0.3, -0.25) is 14.5 Å². The normalized spacial score (nSPS) is 22.5. The number of carbonyl (C=O) groups is 2. The number of benzene rings is 2. The second kappa shape index (κ2) is 13.4. The van der Waals surface area contributed by atoms with Crippen LogP contribution in [0.25, 0.3) is 0 Å². The Morgan fingerprint density at radius 2 is 1.59 bits per heavy atom. The molecular formula is C34H47N3O4. The highest BCUT2D eigenvalue weighted by Gasteiger charge is 2.55. The predicted octanol–water partition coefficient (Wildman–Crippen LogP) is 5.58. The summed E-state index contributed by atoms with van der Waals surface area (Å²) in [6, 6.07) is 15.4. The highest BCUT2D eigenvalue weighted by Crippen LogP contribution is 2.36. The van der Waals surface area contributed by atoms with Gasteiger partial charge in [-0.15, -0.1) is 0 Å². The maximum atomic E-state index is 13.9. The number of amides is 2. The zero-order valence-electron chi connectivity index (χ0n) is 24.8. The standard InChI is InChI=1S/C34H47N3O4/c1-3-4-8-21-37-32(39)30(31(38)27-9-6-5-7-10-27)35-33(40)34(37)19-22-36(23-20-34)24-26-13-17-29(18-14-26)41-28-15-11-25(2)12-16-28/h11-18,27,30-31,38H,3-10,19-24H2,1-2H3,(H,35,40)/t30?,31-/m1/s1. The van der Waals surface area contributed by atoms with E-state index in [0.29, 0.717) is 19.4 Å². The Morgan fingerprint density at radius 1 is 0.951 bits per heavy atom. The van der Waals surface area contributed by atoms with Crippen LogP contribution in [0, 0.1) is 12.8 Å². The van der Waals surface area contributed by atoms with E-state index in [1.54, 1.807) is 0 Å². The topological polar surface area (TPSA) is 82.1 Å². The molecule has 0 aromatic heterocycles. The fourth-order valence-corrected chi connectivity index (χ4v) is 6.90. The van der Waals surface area contributed by atoms with Gasteiger partial charge in [0.05, 0.1) is 6.10 Å². The number of ether oxygens (including phenoxy) is 1. The highest BCUT2D eigenvalue weighted by molar-refractivity contribution is 6.00. The van der Waals surface area contributed by atoms with Crippen molar-refractivity contribution in [3.8, 4) is 11.5 Å². The SMILES string of the molecule is CCCCCN1C(=O)C([C@H](O)C2CCCCC2)NC(=O)C12CCN(Cc1ccc(Oc3ccc(C)cc3)cc1)CC2. The maximum Gasteiger partial charge on any atom is 0.248 e. The smallest absolute Gasteiger partial charge is 0.248 e. The summed E-state index contributed by atoms with van der Waals surface area (Å²) >= 11 is 0. The molecule has 3 fully saturated rings. The summed E-state index contributed by atoms with van der Waals surface area (Å²) in [5.74, 6) is 1.55. The number of hydrogen-bond donors (Lipinski definition) is 2. The lowest BCUT2D eigenvalue weighted by Crippen LogP contribution is -2.75. The van der Waals surface area contributed by atoms with Crippen molar-refractivity contribution in [3.05, 3.63) is 59.7 Å². The van der Waals surface area contributed by atoms with Gasteiger partial charge < -0.3 is 20.1 Å². The van der Waals surface area contributed by atoms with Gasteiger partial charge in [0.1, 0.15) is 23.1 Å². The number of aliphatic hydroxyl groups is 1. The van der Waals surface area contributed by atoms with E-state index >= 15 is 0 Å². The molecule has 2 saturated heterocycles. The molecule has 2 amide bonds. The lowest BCUT2D eigenvalue weighted by Gasteiger charge is -2.52.